The van der Waals surface area contributed by atoms with Crippen molar-refractivity contribution in [2.24, 2.45) is 0 Å². The summed E-state index contributed by atoms with van der Waals surface area (Å²) in [7, 11) is 0. The number of fused-ring (bicyclic) bond motifs is 4. The lowest BCUT2D eigenvalue weighted by Gasteiger charge is -2.34. The highest BCUT2D eigenvalue weighted by molar-refractivity contribution is 6.16. The minimum absolute atomic E-state index is 0.0828. The Hall–Kier alpha value is -2.91. The van der Waals surface area contributed by atoms with Crippen LogP contribution in [0.4, 0.5) is 0 Å². The van der Waals surface area contributed by atoms with E-state index in [1.165, 1.54) is 0 Å². The number of hydrogen-bond acceptors (Lipinski definition) is 10. The Morgan fingerprint density at radius 1 is 0.829 bits per heavy atom. The Bertz CT molecular complexity index is 1570. The fourth-order valence-electron chi connectivity index (χ4n) is 5.80. The van der Waals surface area contributed by atoms with Gasteiger partial charge in [-0.2, -0.15) is 4.57 Å². The predicted molar refractivity (Wildman–Crippen MR) is 145 cm³/mol. The van der Waals surface area contributed by atoms with Crippen molar-refractivity contribution >= 4 is 32.6 Å². The van der Waals surface area contributed by atoms with Crippen molar-refractivity contribution in [3.8, 4) is 5.75 Å². The second-order valence-corrected chi connectivity index (χ2v) is 10.8. The van der Waals surface area contributed by atoms with Crippen molar-refractivity contribution in [1.29, 1.82) is 0 Å². The number of pyridine rings is 1. The van der Waals surface area contributed by atoms with Crippen LogP contribution in [0.1, 0.15) is 17.4 Å². The van der Waals surface area contributed by atoms with Crippen LogP contribution in [0.3, 0.4) is 0 Å². The van der Waals surface area contributed by atoms with E-state index in [0.29, 0.717) is 5.75 Å². The van der Waals surface area contributed by atoms with E-state index < -0.39 is 49.1 Å². The Morgan fingerprint density at radius 3 is 2.34 bits per heavy atom. The number of nitrogens with one attached hydrogen (secondary N) is 1. The summed E-state index contributed by atoms with van der Waals surface area (Å²) in [6.07, 6.45) is -5.79. The summed E-state index contributed by atoms with van der Waals surface area (Å²) >= 11 is 0. The summed E-state index contributed by atoms with van der Waals surface area (Å²) in [4.78, 5) is 3.52. The molecule has 6 rings (SSSR count). The molecular weight excluding hydrogens is 536 g/mol. The number of hydrogen-bond donors (Lipinski definition) is 7. The summed E-state index contributed by atoms with van der Waals surface area (Å²) in [6, 6.07) is 7.70. The first-order valence-electron chi connectivity index (χ1n) is 13.6. The Morgan fingerprint density at radius 2 is 1.56 bits per heavy atom. The number of aryl methyl sites for hydroxylation is 2. The van der Waals surface area contributed by atoms with Crippen LogP contribution >= 0.6 is 0 Å². The lowest BCUT2D eigenvalue weighted by molar-refractivity contribution is -0.774. The highest BCUT2D eigenvalue weighted by Gasteiger charge is 2.43. The average Bonchev–Trinajstić information content (AvgIpc) is 3.36. The summed E-state index contributed by atoms with van der Waals surface area (Å²) in [5.74, 6) is 0.620. The number of rotatable bonds is 6. The van der Waals surface area contributed by atoms with Crippen molar-refractivity contribution in [3.63, 3.8) is 0 Å². The minimum atomic E-state index is -1.36. The van der Waals surface area contributed by atoms with E-state index in [2.05, 4.69) is 4.98 Å². The van der Waals surface area contributed by atoms with Crippen molar-refractivity contribution in [1.82, 2.24) is 4.98 Å². The van der Waals surface area contributed by atoms with Crippen LogP contribution in [0.2, 0.25) is 0 Å². The number of aromatic nitrogens is 2. The molecule has 2 aliphatic rings. The third-order valence-electron chi connectivity index (χ3n) is 8.17. The first-order valence-corrected chi connectivity index (χ1v) is 13.6. The molecule has 220 valence electrons. The standard InChI is InChI=1S/C29H34N2O10/c1-13-18-10-31(28-26(36)24(34)20(32)11-40-28)6-5-16(18)14(2)23-22(13)17-9-15(3-4-19(17)30-23)38-7-8-39-29-27(37)25(35)21(33)12-41-29/h3-6,9-10,20-21,24-29,32-37H,7-8,11-12H2,1-2H3/p+1/t20-,21-,24-,25-,26+,27+,28+,29+/m0/s1. The van der Waals surface area contributed by atoms with E-state index in [4.69, 9.17) is 18.9 Å². The molecule has 4 heterocycles. The lowest BCUT2D eigenvalue weighted by Crippen LogP contribution is -2.58. The third kappa shape index (κ3) is 4.95. The molecule has 12 nitrogen and oxygen atoms in total. The van der Waals surface area contributed by atoms with Gasteiger partial charge in [0.25, 0.3) is 6.23 Å². The van der Waals surface area contributed by atoms with Gasteiger partial charge >= 0.3 is 0 Å². The Balaban J connectivity index is 1.26. The maximum atomic E-state index is 10.5. The molecule has 2 fully saturated rings. The fourth-order valence-corrected chi connectivity index (χ4v) is 5.80. The number of nitrogens with zero attached hydrogens (tertiary/aromatic N) is 1. The molecule has 0 radical (unpaired) electrons. The molecule has 7 N–H and O–H groups in total. The first kappa shape index (κ1) is 28.2. The number of ether oxygens (including phenoxy) is 4. The molecular formula is C29H35N2O10+. The van der Waals surface area contributed by atoms with Crippen molar-refractivity contribution in [2.75, 3.05) is 26.4 Å². The molecule has 2 aromatic heterocycles. The molecule has 4 aromatic rings. The summed E-state index contributed by atoms with van der Waals surface area (Å²) < 4.78 is 24.1. The van der Waals surface area contributed by atoms with Crippen LogP contribution < -0.4 is 9.30 Å². The molecule has 2 aromatic carbocycles. The van der Waals surface area contributed by atoms with Gasteiger partial charge in [0.1, 0.15) is 42.9 Å². The molecule has 2 saturated heterocycles. The van der Waals surface area contributed by atoms with Crippen LogP contribution in [-0.4, -0.2) is 105 Å². The Kier molecular flexibility index (Phi) is 7.61. The van der Waals surface area contributed by atoms with E-state index in [1.807, 2.05) is 44.3 Å². The zero-order valence-corrected chi connectivity index (χ0v) is 22.7. The van der Waals surface area contributed by atoms with Gasteiger partial charge in [-0.05, 0) is 48.6 Å². The van der Waals surface area contributed by atoms with Crippen molar-refractivity contribution in [3.05, 3.63) is 47.8 Å². The molecule has 41 heavy (non-hydrogen) atoms. The quantitative estimate of drug-likeness (QED) is 0.121. The normalized spacial score (nSPS) is 30.8. The van der Waals surface area contributed by atoms with Gasteiger partial charge in [0.05, 0.1) is 25.3 Å². The number of benzene rings is 2. The summed E-state index contributed by atoms with van der Waals surface area (Å²) in [5.41, 5.74) is 4.00. The van der Waals surface area contributed by atoms with Crippen LogP contribution in [0.15, 0.2) is 36.7 Å². The number of aromatic amines is 1. The van der Waals surface area contributed by atoms with Gasteiger partial charge in [0, 0.05) is 27.7 Å². The van der Waals surface area contributed by atoms with Gasteiger partial charge in [-0.3, -0.25) is 0 Å². The second kappa shape index (κ2) is 11.1. The summed E-state index contributed by atoms with van der Waals surface area (Å²) in [5, 5.41) is 63.9. The second-order valence-electron chi connectivity index (χ2n) is 10.8. The minimum Gasteiger partial charge on any atom is -0.491 e. The topological polar surface area (TPSA) is 178 Å². The number of aliphatic hydroxyl groups excluding tert-OH is 6. The molecule has 0 aliphatic carbocycles. The zero-order chi connectivity index (χ0) is 29.0. The Labute approximate surface area is 234 Å². The average molecular weight is 572 g/mol. The fraction of sp³-hybridized carbons (Fsp3) is 0.483. The van der Waals surface area contributed by atoms with Crippen LogP contribution in [0.5, 0.6) is 5.75 Å². The molecule has 0 spiro atoms. The van der Waals surface area contributed by atoms with Crippen LogP contribution in [-0.2, 0) is 14.2 Å². The first-order chi connectivity index (χ1) is 19.7. The highest BCUT2D eigenvalue weighted by atomic mass is 16.7. The van der Waals surface area contributed by atoms with E-state index >= 15 is 0 Å². The predicted octanol–water partition coefficient (Wildman–Crippen LogP) is -0.175. The van der Waals surface area contributed by atoms with Gasteiger partial charge in [0.15, 0.2) is 24.8 Å². The number of aliphatic hydroxyl groups is 6. The maximum Gasteiger partial charge on any atom is 0.291 e. The van der Waals surface area contributed by atoms with E-state index in [9.17, 15) is 30.6 Å². The SMILES string of the molecule is Cc1c2cc[n+]([C@@H]3OC[C@H](O)[C@H](O)[C@H]3O)cc2c(C)c2c1[nH]c1ccc(OCCO[C@@H]3OC[C@H](O)[C@H](O)[C@H]3O)cc12. The largest absolute Gasteiger partial charge is 0.491 e. The molecule has 12 heteroatoms. The smallest absolute Gasteiger partial charge is 0.291 e. The molecule has 2 aliphatic heterocycles. The highest BCUT2D eigenvalue weighted by Crippen LogP contribution is 2.37. The van der Waals surface area contributed by atoms with E-state index in [-0.39, 0.29) is 26.4 Å². The maximum absolute atomic E-state index is 10.5. The monoisotopic (exact) mass is 571 g/mol. The molecule has 8 atom stereocenters. The van der Waals surface area contributed by atoms with Crippen LogP contribution in [0.25, 0.3) is 32.6 Å². The van der Waals surface area contributed by atoms with Gasteiger partial charge < -0.3 is 54.6 Å². The van der Waals surface area contributed by atoms with Crippen molar-refractivity contribution in [2.45, 2.75) is 63.0 Å². The van der Waals surface area contributed by atoms with Crippen molar-refractivity contribution < 1.29 is 54.2 Å². The third-order valence-corrected chi connectivity index (χ3v) is 8.17. The molecule has 0 bridgehead atoms. The zero-order valence-electron chi connectivity index (χ0n) is 22.7. The number of H-pyrrole nitrogens is 1. The van der Waals surface area contributed by atoms with Gasteiger partial charge in [-0.1, -0.05) is 0 Å². The van der Waals surface area contributed by atoms with Gasteiger partial charge in [-0.15, -0.1) is 0 Å². The summed E-state index contributed by atoms with van der Waals surface area (Å²) in [6.45, 7) is 4.13. The van der Waals surface area contributed by atoms with Crippen LogP contribution in [0, 0.1) is 13.8 Å². The molecule has 0 amide bonds. The molecule has 0 saturated carbocycles. The lowest BCUT2D eigenvalue weighted by atomic mass is 9.96. The van der Waals surface area contributed by atoms with E-state index in [0.717, 1.165) is 43.7 Å². The van der Waals surface area contributed by atoms with E-state index in [1.54, 1.807) is 10.8 Å². The van der Waals surface area contributed by atoms with Gasteiger partial charge in [-0.25, -0.2) is 0 Å². The molecule has 0 unspecified atom stereocenters. The van der Waals surface area contributed by atoms with Gasteiger partial charge in [0.2, 0.25) is 0 Å².